The number of benzene rings is 7. The minimum atomic E-state index is -0.194. The van der Waals surface area contributed by atoms with Gasteiger partial charge in [0.05, 0.1) is 10.7 Å². The highest BCUT2D eigenvalue weighted by atomic mass is 32.1. The molecule has 0 bridgehead atoms. The first-order chi connectivity index (χ1) is 27.2. The molecule has 0 saturated heterocycles. The molecule has 0 aliphatic carbocycles. The van der Waals surface area contributed by atoms with Crippen molar-refractivity contribution in [2.24, 2.45) is 0 Å². The summed E-state index contributed by atoms with van der Waals surface area (Å²) in [5.74, 6) is 0. The Morgan fingerprint density at radius 1 is 0.607 bits per heavy atom. The molecule has 3 aliphatic rings. The van der Waals surface area contributed by atoms with Crippen LogP contribution >= 0.6 is 11.3 Å². The minimum Gasteiger partial charge on any atom is -0.455 e. The molecule has 56 heavy (non-hydrogen) atoms. The van der Waals surface area contributed by atoms with Crippen LogP contribution in [0.1, 0.15) is 51.3 Å². The van der Waals surface area contributed by atoms with Crippen molar-refractivity contribution in [3.05, 3.63) is 162 Å². The van der Waals surface area contributed by atoms with E-state index >= 15 is 0 Å². The van der Waals surface area contributed by atoms with Crippen molar-refractivity contribution in [1.82, 2.24) is 0 Å². The van der Waals surface area contributed by atoms with Gasteiger partial charge in [-0.15, -0.1) is 11.3 Å². The molecule has 0 radical (unpaired) electrons. The summed E-state index contributed by atoms with van der Waals surface area (Å²) in [5, 5.41) is 4.87. The Hall–Kier alpha value is -6.04. The van der Waals surface area contributed by atoms with Gasteiger partial charge in [0.25, 0.3) is 0 Å². The van der Waals surface area contributed by atoms with Crippen molar-refractivity contribution in [2.45, 2.75) is 45.4 Å². The Morgan fingerprint density at radius 2 is 1.34 bits per heavy atom. The van der Waals surface area contributed by atoms with Crippen LogP contribution < -0.4 is 20.6 Å². The van der Waals surface area contributed by atoms with Crippen molar-refractivity contribution in [2.75, 3.05) is 9.71 Å². The molecule has 0 unspecified atom stereocenters. The highest BCUT2D eigenvalue weighted by molar-refractivity contribution is 7.26. The number of anilines is 5. The minimum absolute atomic E-state index is 0.0115. The van der Waals surface area contributed by atoms with Crippen LogP contribution in [0.4, 0.5) is 27.8 Å². The molecule has 268 valence electrons. The van der Waals surface area contributed by atoms with Crippen molar-refractivity contribution in [1.29, 1.82) is 0 Å². The number of fused-ring (bicyclic) bond motifs is 12. The van der Waals surface area contributed by atoms with Crippen molar-refractivity contribution >= 4 is 88.9 Å². The fraction of sp³-hybridized carbons (Fsp3) is 0.137. The van der Waals surface area contributed by atoms with Crippen LogP contribution in [0.15, 0.2) is 150 Å². The van der Waals surface area contributed by atoms with Crippen LogP contribution in [-0.2, 0) is 10.8 Å². The predicted octanol–water partition coefficient (Wildman–Crippen LogP) is 13.1. The predicted molar refractivity (Wildman–Crippen MR) is 239 cm³/mol. The number of para-hydroxylation sites is 3. The molecule has 9 aromatic rings. The first-order valence-electron chi connectivity index (χ1n) is 19.7. The zero-order chi connectivity index (χ0) is 37.7. The Labute approximate surface area is 331 Å². The number of rotatable bonds is 2. The topological polar surface area (TPSA) is 19.6 Å². The van der Waals surface area contributed by atoms with Gasteiger partial charge in [-0.3, -0.25) is 0 Å². The summed E-state index contributed by atoms with van der Waals surface area (Å²) in [4.78, 5) is 5.31. The molecule has 0 N–H and O–H groups in total. The van der Waals surface area contributed by atoms with E-state index in [1.54, 1.807) is 0 Å². The van der Waals surface area contributed by atoms with E-state index in [4.69, 9.17) is 4.42 Å². The van der Waals surface area contributed by atoms with E-state index in [0.29, 0.717) is 0 Å². The van der Waals surface area contributed by atoms with E-state index in [0.717, 1.165) is 21.9 Å². The molecular formula is C51H39BN2OS. The number of hydrogen-bond donors (Lipinski definition) is 0. The molecule has 0 amide bonds. The maximum absolute atomic E-state index is 7.04. The number of hydrogen-bond acceptors (Lipinski definition) is 4. The Kier molecular flexibility index (Phi) is 6.36. The summed E-state index contributed by atoms with van der Waals surface area (Å²) in [7, 11) is 0. The summed E-state index contributed by atoms with van der Waals surface area (Å²) in [6.45, 7) is 11.6. The van der Waals surface area contributed by atoms with Crippen molar-refractivity contribution in [3.8, 4) is 22.3 Å². The highest BCUT2D eigenvalue weighted by Gasteiger charge is 2.52. The second-order valence-corrected chi connectivity index (χ2v) is 18.3. The molecule has 5 heteroatoms. The summed E-state index contributed by atoms with van der Waals surface area (Å²) in [6, 6.07) is 54.3. The third-order valence-electron chi connectivity index (χ3n) is 12.8. The van der Waals surface area contributed by atoms with E-state index in [1.807, 2.05) is 11.3 Å². The van der Waals surface area contributed by atoms with Gasteiger partial charge in [-0.1, -0.05) is 144 Å². The second-order valence-electron chi connectivity index (χ2n) is 17.3. The van der Waals surface area contributed by atoms with Gasteiger partial charge in [0.15, 0.2) is 0 Å². The molecule has 12 rings (SSSR count). The van der Waals surface area contributed by atoms with Gasteiger partial charge < -0.3 is 14.1 Å². The van der Waals surface area contributed by atoms with Crippen LogP contribution in [0.3, 0.4) is 0 Å². The van der Waals surface area contributed by atoms with Crippen LogP contribution in [0.5, 0.6) is 0 Å². The lowest BCUT2D eigenvalue weighted by atomic mass is 9.42. The quantitative estimate of drug-likeness (QED) is 0.165. The summed E-state index contributed by atoms with van der Waals surface area (Å²) >= 11 is 1.91. The SMILES string of the molecule is CC(C)(C)c1ccc(N2c3cc4c(oc5ccccc54)c4c3B(c3c2sc2ccccc32)N2c3ccccc3C(C)(C)c3cccc-4c32)c(-c2ccccc2)c1. The smallest absolute Gasteiger partial charge is 0.334 e. The lowest BCUT2D eigenvalue weighted by molar-refractivity contribution is 0.590. The summed E-state index contributed by atoms with van der Waals surface area (Å²) < 4.78 is 8.33. The Bertz CT molecular complexity index is 3130. The van der Waals surface area contributed by atoms with Gasteiger partial charge >= 0.3 is 6.85 Å². The third kappa shape index (κ3) is 4.13. The fourth-order valence-electron chi connectivity index (χ4n) is 10.1. The van der Waals surface area contributed by atoms with Crippen LogP contribution in [0.25, 0.3) is 54.3 Å². The van der Waals surface area contributed by atoms with Gasteiger partial charge in [0.2, 0.25) is 0 Å². The number of thiophene rings is 1. The molecule has 0 fully saturated rings. The normalized spacial score (nSPS) is 14.9. The molecule has 5 heterocycles. The molecular weight excluding hydrogens is 699 g/mol. The fourth-order valence-corrected chi connectivity index (χ4v) is 11.4. The first-order valence-corrected chi connectivity index (χ1v) is 20.5. The molecule has 7 aromatic carbocycles. The van der Waals surface area contributed by atoms with Gasteiger partial charge in [0, 0.05) is 54.6 Å². The third-order valence-corrected chi connectivity index (χ3v) is 14.0. The van der Waals surface area contributed by atoms with Crippen molar-refractivity contribution in [3.63, 3.8) is 0 Å². The van der Waals surface area contributed by atoms with Gasteiger partial charge in [-0.2, -0.15) is 0 Å². The second kappa shape index (κ2) is 11.1. The van der Waals surface area contributed by atoms with E-state index in [9.17, 15) is 0 Å². The highest BCUT2D eigenvalue weighted by Crippen LogP contribution is 2.58. The van der Waals surface area contributed by atoms with E-state index < -0.39 is 0 Å². The van der Waals surface area contributed by atoms with Gasteiger partial charge in [-0.25, -0.2) is 0 Å². The maximum atomic E-state index is 7.04. The van der Waals surface area contributed by atoms with E-state index in [1.165, 1.54) is 87.7 Å². The maximum Gasteiger partial charge on any atom is 0.334 e. The zero-order valence-corrected chi connectivity index (χ0v) is 33.0. The molecule has 0 spiro atoms. The van der Waals surface area contributed by atoms with Crippen LogP contribution in [0.2, 0.25) is 0 Å². The largest absolute Gasteiger partial charge is 0.455 e. The lowest BCUT2D eigenvalue weighted by Crippen LogP contribution is -2.62. The first kappa shape index (κ1) is 32.2. The summed E-state index contributed by atoms with van der Waals surface area (Å²) in [6.07, 6.45) is 0. The Balaban J connectivity index is 1.29. The van der Waals surface area contributed by atoms with Crippen LogP contribution in [-0.4, -0.2) is 6.85 Å². The Morgan fingerprint density at radius 3 is 2.18 bits per heavy atom. The molecule has 3 aliphatic heterocycles. The lowest BCUT2D eigenvalue weighted by Gasteiger charge is -2.50. The average Bonchev–Trinajstić information content (AvgIpc) is 3.79. The number of nitrogens with zero attached hydrogens (tertiary/aromatic N) is 2. The standard InChI is InChI=1S/C51H39BN2OS/c1-50(2,3)31-26-27-39(35(28-31)30-16-7-6-8-17-30)53-41-29-36-32-18-9-13-24-42(32)55-48(36)44-34-20-15-22-38-47(34)54(40-23-12-11-21-37(40)51(38,4)5)52(46(41)44)45-33-19-10-14-25-43(33)56-49(45)53/h6-29H,1-5H3. The average molecular weight is 739 g/mol. The molecule has 3 nitrogen and oxygen atoms in total. The van der Waals surface area contributed by atoms with Gasteiger partial charge in [0.1, 0.15) is 11.2 Å². The molecule has 0 saturated carbocycles. The van der Waals surface area contributed by atoms with Crippen molar-refractivity contribution < 1.29 is 4.42 Å². The zero-order valence-electron chi connectivity index (χ0n) is 32.1. The summed E-state index contributed by atoms with van der Waals surface area (Å²) in [5.41, 5.74) is 18.2. The van der Waals surface area contributed by atoms with E-state index in [-0.39, 0.29) is 17.7 Å². The molecule has 0 atom stereocenters. The monoisotopic (exact) mass is 738 g/mol. The van der Waals surface area contributed by atoms with Crippen LogP contribution in [0, 0.1) is 0 Å². The van der Waals surface area contributed by atoms with Gasteiger partial charge in [-0.05, 0) is 80.4 Å². The van der Waals surface area contributed by atoms with E-state index in [2.05, 4.69) is 190 Å². The molecule has 2 aromatic heterocycles. The number of furan rings is 1.